The molecular weight excluding hydrogens is 318 g/mol. The van der Waals surface area contributed by atoms with Crippen LogP contribution < -0.4 is 10.1 Å². The number of methoxy groups -OCH3 is 1. The van der Waals surface area contributed by atoms with E-state index in [4.69, 9.17) is 4.74 Å². The topological polar surface area (TPSA) is 67.8 Å². The van der Waals surface area contributed by atoms with Gasteiger partial charge in [0.2, 0.25) is 0 Å². The van der Waals surface area contributed by atoms with Gasteiger partial charge in [-0.2, -0.15) is 0 Å². The van der Waals surface area contributed by atoms with Crippen molar-refractivity contribution in [2.45, 2.75) is 25.5 Å². The molecule has 0 aliphatic rings. The molecule has 0 heterocycles. The highest BCUT2D eigenvalue weighted by Gasteiger charge is 2.10. The highest BCUT2D eigenvalue weighted by Crippen LogP contribution is 2.14. The highest BCUT2D eigenvalue weighted by molar-refractivity contribution is 5.70. The summed E-state index contributed by atoms with van der Waals surface area (Å²) >= 11 is 0. The minimum Gasteiger partial charge on any atom is -0.482 e. The molecule has 0 bridgehead atoms. The number of nitrogens with one attached hydrogen (secondary N) is 1. The largest absolute Gasteiger partial charge is 0.482 e. The summed E-state index contributed by atoms with van der Waals surface area (Å²) in [5.41, 5.74) is 2.06. The Morgan fingerprint density at radius 2 is 1.80 bits per heavy atom. The lowest BCUT2D eigenvalue weighted by atomic mass is 10.1. The number of carbonyl (C=O) groups is 1. The van der Waals surface area contributed by atoms with Gasteiger partial charge >= 0.3 is 5.97 Å². The molecule has 134 valence electrons. The lowest BCUT2D eigenvalue weighted by Gasteiger charge is -2.17. The predicted octanol–water partition coefficient (Wildman–Crippen LogP) is 2.49. The van der Waals surface area contributed by atoms with E-state index in [1.165, 1.54) is 7.11 Å². The van der Waals surface area contributed by atoms with Crippen LogP contribution in [0.15, 0.2) is 54.6 Å². The van der Waals surface area contributed by atoms with Crippen molar-refractivity contribution in [3.63, 3.8) is 0 Å². The first kappa shape index (κ1) is 19.0. The van der Waals surface area contributed by atoms with E-state index >= 15 is 0 Å². The molecule has 2 rings (SSSR count). The fraction of sp³-hybridized carbons (Fsp3) is 0.350. The molecule has 0 aliphatic carbocycles. The van der Waals surface area contributed by atoms with Crippen LogP contribution in [-0.4, -0.2) is 37.4 Å². The average Bonchev–Trinajstić information content (AvgIpc) is 2.66. The Kier molecular flexibility index (Phi) is 7.44. The number of aliphatic hydroxyl groups is 1. The summed E-state index contributed by atoms with van der Waals surface area (Å²) in [6.07, 6.45) is 0.316. The molecule has 0 saturated carbocycles. The molecule has 25 heavy (non-hydrogen) atoms. The van der Waals surface area contributed by atoms with Gasteiger partial charge in [-0.3, -0.25) is 0 Å². The van der Waals surface area contributed by atoms with Crippen LogP contribution in [0.1, 0.15) is 24.2 Å². The second kappa shape index (κ2) is 9.81. The summed E-state index contributed by atoms with van der Waals surface area (Å²) in [6.45, 7) is 2.50. The number of benzene rings is 2. The third kappa shape index (κ3) is 6.57. The summed E-state index contributed by atoms with van der Waals surface area (Å²) in [6, 6.07) is 17.5. The van der Waals surface area contributed by atoms with E-state index in [1.807, 2.05) is 54.6 Å². The van der Waals surface area contributed by atoms with Gasteiger partial charge in [-0.05, 0) is 36.6 Å². The number of hydrogen-bond donors (Lipinski definition) is 2. The van der Waals surface area contributed by atoms with Crippen LogP contribution in [0.4, 0.5) is 0 Å². The number of rotatable bonds is 9. The van der Waals surface area contributed by atoms with Gasteiger partial charge in [0.25, 0.3) is 0 Å². The van der Waals surface area contributed by atoms with Crippen molar-refractivity contribution in [1.82, 2.24) is 5.32 Å². The first-order chi connectivity index (χ1) is 12.1. The molecule has 0 amide bonds. The number of ether oxygens (including phenoxy) is 2. The molecule has 0 spiro atoms. The first-order valence-corrected chi connectivity index (χ1v) is 8.33. The quantitative estimate of drug-likeness (QED) is 0.685. The number of esters is 1. The molecule has 0 fully saturated rings. The van der Waals surface area contributed by atoms with E-state index in [2.05, 4.69) is 17.0 Å². The van der Waals surface area contributed by atoms with Crippen molar-refractivity contribution >= 4 is 5.97 Å². The van der Waals surface area contributed by atoms with Gasteiger partial charge < -0.3 is 19.9 Å². The zero-order chi connectivity index (χ0) is 18.1. The normalized spacial score (nSPS) is 13.1. The second-order valence-electron chi connectivity index (χ2n) is 5.95. The van der Waals surface area contributed by atoms with Gasteiger partial charge in [-0.25, -0.2) is 4.79 Å². The zero-order valence-electron chi connectivity index (χ0n) is 14.6. The van der Waals surface area contributed by atoms with Crippen molar-refractivity contribution in [2.24, 2.45) is 0 Å². The summed E-state index contributed by atoms with van der Waals surface area (Å²) in [7, 11) is 1.33. The Morgan fingerprint density at radius 3 is 2.44 bits per heavy atom. The fourth-order valence-electron chi connectivity index (χ4n) is 2.45. The smallest absolute Gasteiger partial charge is 0.343 e. The highest BCUT2D eigenvalue weighted by atomic mass is 16.6. The van der Waals surface area contributed by atoms with Gasteiger partial charge in [-0.15, -0.1) is 0 Å². The molecule has 5 heteroatoms. The zero-order valence-corrected chi connectivity index (χ0v) is 14.6. The standard InChI is InChI=1S/C20H25NO4/c1-15(21-13-19(22)17-6-4-3-5-7-17)12-16-8-10-18(11-9-16)25-14-20(23)24-2/h3-11,15,19,21-22H,12-14H2,1-2H3. The molecule has 2 aromatic carbocycles. The lowest BCUT2D eigenvalue weighted by Crippen LogP contribution is -2.32. The molecule has 2 aromatic rings. The third-order valence-electron chi connectivity index (χ3n) is 3.89. The SMILES string of the molecule is COC(=O)COc1ccc(CC(C)NCC(O)c2ccccc2)cc1. The summed E-state index contributed by atoms with van der Waals surface area (Å²) in [5, 5.41) is 13.5. The van der Waals surface area contributed by atoms with Crippen molar-refractivity contribution in [2.75, 3.05) is 20.3 Å². The van der Waals surface area contributed by atoms with Gasteiger partial charge in [0.05, 0.1) is 13.2 Å². The summed E-state index contributed by atoms with van der Waals surface area (Å²) < 4.78 is 9.86. The minimum absolute atomic E-state index is 0.0921. The third-order valence-corrected chi connectivity index (χ3v) is 3.89. The maximum absolute atomic E-state index is 11.1. The maximum atomic E-state index is 11.1. The summed E-state index contributed by atoms with van der Waals surface area (Å²) in [5.74, 6) is 0.230. The van der Waals surface area contributed by atoms with E-state index in [1.54, 1.807) is 0 Å². The van der Waals surface area contributed by atoms with Crippen LogP contribution >= 0.6 is 0 Å². The van der Waals surface area contributed by atoms with Gasteiger partial charge in [0.15, 0.2) is 6.61 Å². The molecule has 5 nitrogen and oxygen atoms in total. The number of hydrogen-bond acceptors (Lipinski definition) is 5. The molecule has 0 aromatic heterocycles. The first-order valence-electron chi connectivity index (χ1n) is 8.33. The monoisotopic (exact) mass is 343 g/mol. The van der Waals surface area contributed by atoms with Gasteiger partial charge in [-0.1, -0.05) is 42.5 Å². The molecule has 2 unspecified atom stereocenters. The Hall–Kier alpha value is -2.37. The maximum Gasteiger partial charge on any atom is 0.343 e. The number of carbonyl (C=O) groups excluding carboxylic acids is 1. The Labute approximate surface area is 148 Å². The van der Waals surface area contributed by atoms with Crippen molar-refractivity contribution in [3.05, 3.63) is 65.7 Å². The van der Waals surface area contributed by atoms with E-state index < -0.39 is 12.1 Å². The molecule has 2 N–H and O–H groups in total. The van der Waals surface area contributed by atoms with Crippen LogP contribution in [0.5, 0.6) is 5.75 Å². The van der Waals surface area contributed by atoms with Crippen LogP contribution in [-0.2, 0) is 16.0 Å². The Bertz CT molecular complexity index is 643. The molecule has 0 radical (unpaired) electrons. The van der Waals surface area contributed by atoms with E-state index in [-0.39, 0.29) is 12.6 Å². The Morgan fingerprint density at radius 1 is 1.12 bits per heavy atom. The Balaban J connectivity index is 1.76. The molecular formula is C20H25NO4. The van der Waals surface area contributed by atoms with E-state index in [9.17, 15) is 9.90 Å². The van der Waals surface area contributed by atoms with Crippen molar-refractivity contribution in [3.8, 4) is 5.75 Å². The van der Waals surface area contributed by atoms with E-state index in [0.717, 1.165) is 17.5 Å². The van der Waals surface area contributed by atoms with Crippen LogP contribution in [0, 0.1) is 0 Å². The van der Waals surface area contributed by atoms with Crippen LogP contribution in [0.25, 0.3) is 0 Å². The fourth-order valence-corrected chi connectivity index (χ4v) is 2.45. The molecule has 0 aliphatic heterocycles. The van der Waals surface area contributed by atoms with Gasteiger partial charge in [0, 0.05) is 12.6 Å². The van der Waals surface area contributed by atoms with Crippen LogP contribution in [0.3, 0.4) is 0 Å². The molecule has 0 saturated heterocycles. The summed E-state index contributed by atoms with van der Waals surface area (Å²) in [4.78, 5) is 11.1. The van der Waals surface area contributed by atoms with E-state index in [0.29, 0.717) is 12.3 Å². The second-order valence-corrected chi connectivity index (χ2v) is 5.95. The van der Waals surface area contributed by atoms with Gasteiger partial charge in [0.1, 0.15) is 5.75 Å². The van der Waals surface area contributed by atoms with Crippen molar-refractivity contribution in [1.29, 1.82) is 0 Å². The lowest BCUT2D eigenvalue weighted by molar-refractivity contribution is -0.142. The van der Waals surface area contributed by atoms with Crippen molar-refractivity contribution < 1.29 is 19.4 Å². The average molecular weight is 343 g/mol. The van der Waals surface area contributed by atoms with Crippen LogP contribution in [0.2, 0.25) is 0 Å². The minimum atomic E-state index is -0.516. The number of aliphatic hydroxyl groups excluding tert-OH is 1. The predicted molar refractivity (Wildman–Crippen MR) is 96.5 cm³/mol. The molecule has 2 atom stereocenters.